The smallest absolute Gasteiger partial charge is 0.115 e. The summed E-state index contributed by atoms with van der Waals surface area (Å²) in [5.74, 6) is 0.311. The first kappa shape index (κ1) is 11.2. The summed E-state index contributed by atoms with van der Waals surface area (Å²) in [4.78, 5) is 0. The van der Waals surface area contributed by atoms with Crippen molar-refractivity contribution >= 4 is 13.7 Å². The molecule has 1 N–H and O–H groups in total. The molecule has 1 aromatic carbocycles. The van der Waals surface area contributed by atoms with Crippen LogP contribution in [-0.4, -0.2) is 11.1 Å². The van der Waals surface area contributed by atoms with Crippen molar-refractivity contribution in [3.05, 3.63) is 24.3 Å². The zero-order valence-electron chi connectivity index (χ0n) is 8.64. The van der Waals surface area contributed by atoms with Gasteiger partial charge in [0.05, 0.1) is 6.04 Å². The lowest BCUT2D eigenvalue weighted by molar-refractivity contribution is 0.475. The molecule has 0 saturated heterocycles. The number of phenolic OH excluding ortho intramolecular Hbond substituents is 1. The lowest BCUT2D eigenvalue weighted by Gasteiger charge is -2.01. The number of nitrogens with zero attached hydrogens (tertiary/aromatic N) is 1. The van der Waals surface area contributed by atoms with E-state index in [0.29, 0.717) is 11.8 Å². The minimum absolute atomic E-state index is 0.311. The van der Waals surface area contributed by atoms with E-state index in [9.17, 15) is 0 Å². The largest absolute Gasteiger partial charge is 0.508 e. The summed E-state index contributed by atoms with van der Waals surface area (Å²) in [5, 5.41) is 10.2. The molecule has 0 spiro atoms. The highest BCUT2D eigenvalue weighted by molar-refractivity contribution is 7.36. The first-order valence-corrected chi connectivity index (χ1v) is 5.77. The zero-order chi connectivity index (χ0) is 10.4. The number of phenols is 1. The Morgan fingerprint density at radius 3 is 2.57 bits per heavy atom. The van der Waals surface area contributed by atoms with Crippen LogP contribution in [0.4, 0.5) is 0 Å². The van der Waals surface area contributed by atoms with Crippen LogP contribution in [0.3, 0.4) is 0 Å². The third kappa shape index (κ3) is 3.89. The summed E-state index contributed by atoms with van der Waals surface area (Å²) in [6.07, 6.45) is 2.32. The van der Waals surface area contributed by atoms with E-state index in [2.05, 4.69) is 18.6 Å². The van der Waals surface area contributed by atoms with Crippen LogP contribution in [0, 0.1) is 0 Å². The molecular weight excluding hydrogens is 193 g/mol. The summed E-state index contributed by atoms with van der Waals surface area (Å²) in [5.41, 5.74) is 0. The van der Waals surface area contributed by atoms with E-state index < -0.39 is 0 Å². The standard InChI is InChI=1S/C11H16NOP/c1-3-4-9(2)12-14-11-7-5-10(13)6-8-11/h5-9,13H,3-4H2,1-2H3. The number of rotatable bonds is 4. The van der Waals surface area contributed by atoms with Gasteiger partial charge in [-0.3, -0.25) is 4.74 Å². The van der Waals surface area contributed by atoms with Crippen molar-refractivity contribution < 1.29 is 5.11 Å². The SMILES string of the molecule is CCCC(C)N=Pc1ccc(O)cc1. The summed E-state index contributed by atoms with van der Waals surface area (Å²) < 4.78 is 4.50. The van der Waals surface area contributed by atoms with Gasteiger partial charge in [-0.25, -0.2) is 0 Å². The fourth-order valence-corrected chi connectivity index (χ4v) is 1.89. The van der Waals surface area contributed by atoms with Crippen molar-refractivity contribution in [2.45, 2.75) is 32.7 Å². The Kier molecular flexibility index (Phi) is 4.61. The third-order valence-corrected chi connectivity index (χ3v) is 2.97. The van der Waals surface area contributed by atoms with Gasteiger partial charge in [-0.1, -0.05) is 13.3 Å². The fourth-order valence-electron chi connectivity index (χ4n) is 1.16. The maximum atomic E-state index is 9.08. The molecule has 1 unspecified atom stereocenters. The molecule has 1 rings (SSSR count). The zero-order valence-corrected chi connectivity index (χ0v) is 9.54. The Bertz CT molecular complexity index is 295. The van der Waals surface area contributed by atoms with E-state index in [1.165, 1.54) is 6.42 Å². The Morgan fingerprint density at radius 1 is 1.36 bits per heavy atom. The minimum atomic E-state index is 0.311. The van der Waals surface area contributed by atoms with E-state index in [-0.39, 0.29) is 0 Å². The Hall–Kier alpha value is -0.880. The second-order valence-corrected chi connectivity index (χ2v) is 4.32. The molecule has 76 valence electrons. The molecule has 14 heavy (non-hydrogen) atoms. The van der Waals surface area contributed by atoms with E-state index in [0.717, 1.165) is 20.1 Å². The van der Waals surface area contributed by atoms with Gasteiger partial charge in [0.25, 0.3) is 0 Å². The maximum absolute atomic E-state index is 9.08. The van der Waals surface area contributed by atoms with Crippen LogP contribution in [0.1, 0.15) is 26.7 Å². The van der Waals surface area contributed by atoms with Crippen LogP contribution in [0.25, 0.3) is 0 Å². The molecular formula is C11H16NOP. The number of hydrogen-bond donors (Lipinski definition) is 1. The average Bonchev–Trinajstić information content (AvgIpc) is 2.17. The van der Waals surface area contributed by atoms with Crippen molar-refractivity contribution in [2.75, 3.05) is 0 Å². The first-order valence-electron chi connectivity index (χ1n) is 4.92. The predicted octanol–water partition coefficient (Wildman–Crippen LogP) is 3.34. The van der Waals surface area contributed by atoms with E-state index in [1.54, 1.807) is 12.1 Å². The molecule has 0 radical (unpaired) electrons. The molecule has 3 heteroatoms. The molecule has 2 nitrogen and oxygen atoms in total. The van der Waals surface area contributed by atoms with Gasteiger partial charge < -0.3 is 5.11 Å². The summed E-state index contributed by atoms with van der Waals surface area (Å²) in [6, 6.07) is 7.62. The molecule has 0 fully saturated rings. The van der Waals surface area contributed by atoms with Crippen LogP contribution < -0.4 is 5.30 Å². The Morgan fingerprint density at radius 2 is 2.00 bits per heavy atom. The van der Waals surface area contributed by atoms with Gasteiger partial charge in [0, 0.05) is 13.7 Å². The molecule has 0 aromatic heterocycles. The Balaban J connectivity index is 2.55. The van der Waals surface area contributed by atoms with Gasteiger partial charge in [0.2, 0.25) is 0 Å². The molecule has 0 aliphatic rings. The van der Waals surface area contributed by atoms with Crippen LogP contribution in [0.2, 0.25) is 0 Å². The van der Waals surface area contributed by atoms with Gasteiger partial charge in [-0.15, -0.1) is 0 Å². The lowest BCUT2D eigenvalue weighted by Crippen LogP contribution is -1.95. The van der Waals surface area contributed by atoms with Crippen LogP contribution in [0.5, 0.6) is 5.75 Å². The molecule has 0 aliphatic carbocycles. The first-order chi connectivity index (χ1) is 6.72. The predicted molar refractivity (Wildman–Crippen MR) is 61.5 cm³/mol. The minimum Gasteiger partial charge on any atom is -0.508 e. The molecule has 0 aliphatic heterocycles. The monoisotopic (exact) mass is 209 g/mol. The van der Waals surface area contributed by atoms with Gasteiger partial charge in [0.1, 0.15) is 5.75 Å². The number of benzene rings is 1. The molecule has 0 saturated carbocycles. The highest BCUT2D eigenvalue weighted by atomic mass is 31.1. The molecule has 1 atom stereocenters. The van der Waals surface area contributed by atoms with Crippen LogP contribution in [0.15, 0.2) is 29.0 Å². The van der Waals surface area contributed by atoms with Gasteiger partial charge in [0.15, 0.2) is 0 Å². The van der Waals surface area contributed by atoms with Crippen molar-refractivity contribution in [1.82, 2.24) is 0 Å². The van der Waals surface area contributed by atoms with Crippen LogP contribution >= 0.6 is 8.37 Å². The Labute approximate surface area is 86.9 Å². The quantitative estimate of drug-likeness (QED) is 0.758. The fraction of sp³-hybridized carbons (Fsp3) is 0.455. The molecule has 0 amide bonds. The van der Waals surface area contributed by atoms with Crippen molar-refractivity contribution in [1.29, 1.82) is 0 Å². The molecule has 0 heterocycles. The number of hydrogen-bond acceptors (Lipinski definition) is 2. The number of aromatic hydroxyl groups is 1. The van der Waals surface area contributed by atoms with Crippen molar-refractivity contribution in [2.24, 2.45) is 4.74 Å². The van der Waals surface area contributed by atoms with E-state index >= 15 is 0 Å². The van der Waals surface area contributed by atoms with E-state index in [1.807, 2.05) is 12.1 Å². The van der Waals surface area contributed by atoms with E-state index in [4.69, 9.17) is 5.11 Å². The second kappa shape index (κ2) is 5.77. The third-order valence-electron chi connectivity index (χ3n) is 1.93. The van der Waals surface area contributed by atoms with Gasteiger partial charge in [-0.2, -0.15) is 0 Å². The second-order valence-electron chi connectivity index (χ2n) is 3.37. The average molecular weight is 209 g/mol. The highest BCUT2D eigenvalue weighted by Gasteiger charge is 1.95. The topological polar surface area (TPSA) is 32.6 Å². The highest BCUT2D eigenvalue weighted by Crippen LogP contribution is 2.11. The lowest BCUT2D eigenvalue weighted by atomic mass is 10.2. The van der Waals surface area contributed by atoms with Crippen LogP contribution in [-0.2, 0) is 0 Å². The maximum Gasteiger partial charge on any atom is 0.115 e. The molecule has 1 aromatic rings. The van der Waals surface area contributed by atoms with Crippen molar-refractivity contribution in [3.63, 3.8) is 0 Å². The normalized spacial score (nSPS) is 13.3. The van der Waals surface area contributed by atoms with Gasteiger partial charge >= 0.3 is 0 Å². The van der Waals surface area contributed by atoms with Gasteiger partial charge in [-0.05, 0) is 37.6 Å². The summed E-state index contributed by atoms with van der Waals surface area (Å²) in [6.45, 7) is 4.31. The molecule has 0 bridgehead atoms. The van der Waals surface area contributed by atoms with Crippen molar-refractivity contribution in [3.8, 4) is 5.75 Å². The summed E-state index contributed by atoms with van der Waals surface area (Å²) >= 11 is 0. The summed E-state index contributed by atoms with van der Waals surface area (Å²) in [7, 11) is 0.998.